The zero-order chi connectivity index (χ0) is 19.6. The summed E-state index contributed by atoms with van der Waals surface area (Å²) in [5.41, 5.74) is 0.147. The van der Waals surface area contributed by atoms with E-state index in [4.69, 9.17) is 9.47 Å². The van der Waals surface area contributed by atoms with Gasteiger partial charge < -0.3 is 14.0 Å². The lowest BCUT2D eigenvalue weighted by Crippen LogP contribution is -2.17. The highest BCUT2D eigenvalue weighted by atomic mass is 32.1. The van der Waals surface area contributed by atoms with E-state index >= 15 is 0 Å². The fourth-order valence-electron chi connectivity index (χ4n) is 2.77. The van der Waals surface area contributed by atoms with Crippen molar-refractivity contribution in [1.82, 2.24) is 4.57 Å². The van der Waals surface area contributed by atoms with Gasteiger partial charge in [0.1, 0.15) is 17.2 Å². The molecule has 0 spiro atoms. The van der Waals surface area contributed by atoms with Gasteiger partial charge in [0, 0.05) is 18.7 Å². The largest absolute Gasteiger partial charge is 0.493 e. The third-order valence-corrected chi connectivity index (χ3v) is 5.05. The maximum absolute atomic E-state index is 13.9. The Morgan fingerprint density at radius 1 is 1.15 bits per heavy atom. The van der Waals surface area contributed by atoms with Crippen LogP contribution in [0.4, 0.5) is 8.78 Å². The Balaban J connectivity index is 2.22. The van der Waals surface area contributed by atoms with Crippen LogP contribution in [0, 0.1) is 11.6 Å². The molecule has 1 aromatic heterocycles. The van der Waals surface area contributed by atoms with Gasteiger partial charge in [-0.3, -0.25) is 4.79 Å². The molecule has 5 nitrogen and oxygen atoms in total. The molecule has 0 radical (unpaired) electrons. The maximum atomic E-state index is 13.9. The van der Waals surface area contributed by atoms with Gasteiger partial charge in [-0.1, -0.05) is 24.3 Å². The van der Waals surface area contributed by atoms with Crippen LogP contribution in [0.2, 0.25) is 0 Å². The van der Waals surface area contributed by atoms with E-state index in [9.17, 15) is 13.6 Å². The number of nitrogens with zero attached hydrogens (tertiary/aromatic N) is 2. The first-order valence-corrected chi connectivity index (χ1v) is 9.10. The van der Waals surface area contributed by atoms with Crippen molar-refractivity contribution < 1.29 is 23.0 Å². The number of carbonyl (C=O) groups excluding carboxylic acids is 1. The van der Waals surface area contributed by atoms with Crippen molar-refractivity contribution in [2.75, 3.05) is 14.2 Å². The van der Waals surface area contributed by atoms with Crippen LogP contribution in [0.15, 0.2) is 35.3 Å². The molecule has 1 amide bonds. The number of amides is 1. The maximum Gasteiger partial charge on any atom is 0.285 e. The summed E-state index contributed by atoms with van der Waals surface area (Å²) in [5.74, 6) is -1.73. The van der Waals surface area contributed by atoms with Crippen LogP contribution in [0.25, 0.3) is 10.2 Å². The van der Waals surface area contributed by atoms with Crippen LogP contribution in [0.5, 0.6) is 11.5 Å². The van der Waals surface area contributed by atoms with Gasteiger partial charge in [-0.2, -0.15) is 4.99 Å². The molecular weight excluding hydrogens is 374 g/mol. The number of methoxy groups -OCH3 is 2. The number of fused-ring (bicyclic) bond motifs is 1. The Labute approximate surface area is 158 Å². The lowest BCUT2D eigenvalue weighted by Gasteiger charge is -2.08. The zero-order valence-electron chi connectivity index (χ0n) is 15.1. The highest BCUT2D eigenvalue weighted by Gasteiger charge is 2.18. The lowest BCUT2D eigenvalue weighted by molar-refractivity contribution is 0.0990. The Kier molecular flexibility index (Phi) is 5.55. The summed E-state index contributed by atoms with van der Waals surface area (Å²) in [6.45, 7) is 2.57. The summed E-state index contributed by atoms with van der Waals surface area (Å²) in [4.78, 5) is 16.8. The number of thiazole rings is 1. The molecule has 2 aromatic carbocycles. The molecule has 0 atom stereocenters. The molecule has 0 saturated heterocycles. The standard InChI is InChI=1S/C19H18F2N2O3S/c1-4-8-23-13-9-14(25-2)15(26-3)10-16(13)27-19(23)22-18(24)17-11(20)6-5-7-12(17)21/h5-7,9-10H,4,8H2,1-3H3. The molecule has 0 bridgehead atoms. The van der Waals surface area contributed by atoms with E-state index in [1.165, 1.54) is 31.6 Å². The van der Waals surface area contributed by atoms with Crippen LogP contribution in [0.3, 0.4) is 0 Å². The van der Waals surface area contributed by atoms with E-state index in [2.05, 4.69) is 4.99 Å². The van der Waals surface area contributed by atoms with Gasteiger partial charge in [0.2, 0.25) is 0 Å². The molecule has 1 heterocycles. The van der Waals surface area contributed by atoms with Crippen LogP contribution in [-0.4, -0.2) is 24.7 Å². The average Bonchev–Trinajstić information content (AvgIpc) is 2.97. The quantitative estimate of drug-likeness (QED) is 0.656. The molecule has 27 heavy (non-hydrogen) atoms. The number of hydrogen-bond acceptors (Lipinski definition) is 4. The summed E-state index contributed by atoms with van der Waals surface area (Å²) < 4.78 is 41.1. The van der Waals surface area contributed by atoms with Crippen molar-refractivity contribution >= 4 is 27.5 Å². The first-order valence-electron chi connectivity index (χ1n) is 8.28. The predicted octanol–water partition coefficient (Wildman–Crippen LogP) is 4.15. The second-order valence-electron chi connectivity index (χ2n) is 5.72. The normalized spacial score (nSPS) is 11.8. The number of halogens is 2. The molecule has 0 aliphatic heterocycles. The molecule has 0 unspecified atom stereocenters. The number of carbonyl (C=O) groups is 1. The van der Waals surface area contributed by atoms with Crippen molar-refractivity contribution in [3.05, 3.63) is 52.3 Å². The summed E-state index contributed by atoms with van der Waals surface area (Å²) in [5, 5.41) is 0. The van der Waals surface area contributed by atoms with Crippen LogP contribution >= 0.6 is 11.3 Å². The highest BCUT2D eigenvalue weighted by molar-refractivity contribution is 7.16. The number of aromatic nitrogens is 1. The molecule has 0 aliphatic carbocycles. The SMILES string of the molecule is CCCn1c(=NC(=O)c2c(F)cccc2F)sc2cc(OC)c(OC)cc21. The molecule has 0 fully saturated rings. The number of hydrogen-bond donors (Lipinski definition) is 0. The van der Waals surface area contributed by atoms with Gasteiger partial charge in [-0.25, -0.2) is 8.78 Å². The Morgan fingerprint density at radius 2 is 1.78 bits per heavy atom. The zero-order valence-corrected chi connectivity index (χ0v) is 15.9. The molecular formula is C19H18F2N2O3S. The monoisotopic (exact) mass is 392 g/mol. The van der Waals surface area contributed by atoms with Crippen LogP contribution in [-0.2, 0) is 6.54 Å². The minimum atomic E-state index is -0.957. The van der Waals surface area contributed by atoms with Gasteiger partial charge in [-0.05, 0) is 18.6 Å². The third kappa shape index (κ3) is 3.57. The van der Waals surface area contributed by atoms with E-state index in [1.54, 1.807) is 12.1 Å². The minimum Gasteiger partial charge on any atom is -0.493 e. The van der Waals surface area contributed by atoms with E-state index in [0.29, 0.717) is 22.8 Å². The smallest absolute Gasteiger partial charge is 0.285 e. The van der Waals surface area contributed by atoms with E-state index in [0.717, 1.165) is 28.8 Å². The second-order valence-corrected chi connectivity index (χ2v) is 6.73. The Morgan fingerprint density at radius 3 is 2.37 bits per heavy atom. The van der Waals surface area contributed by atoms with Crippen molar-refractivity contribution in [1.29, 1.82) is 0 Å². The summed E-state index contributed by atoms with van der Waals surface area (Å²) in [7, 11) is 3.07. The molecule has 3 aromatic rings. The fourth-order valence-corrected chi connectivity index (χ4v) is 3.83. The third-order valence-electron chi connectivity index (χ3n) is 4.01. The second kappa shape index (κ2) is 7.87. The average molecular weight is 392 g/mol. The van der Waals surface area contributed by atoms with Crippen molar-refractivity contribution in [2.24, 2.45) is 4.99 Å². The van der Waals surface area contributed by atoms with Gasteiger partial charge >= 0.3 is 0 Å². The predicted molar refractivity (Wildman–Crippen MR) is 99.5 cm³/mol. The topological polar surface area (TPSA) is 52.8 Å². The summed E-state index contributed by atoms with van der Waals surface area (Å²) in [6, 6.07) is 6.86. The molecule has 0 aliphatic rings. The van der Waals surface area contributed by atoms with Crippen molar-refractivity contribution in [2.45, 2.75) is 19.9 Å². The molecule has 3 rings (SSSR count). The number of aryl methyl sites for hydroxylation is 1. The van der Waals surface area contributed by atoms with Crippen LogP contribution in [0.1, 0.15) is 23.7 Å². The van der Waals surface area contributed by atoms with Gasteiger partial charge in [0.05, 0.1) is 24.4 Å². The van der Waals surface area contributed by atoms with E-state index in [-0.39, 0.29) is 0 Å². The molecule has 142 valence electrons. The van der Waals surface area contributed by atoms with Gasteiger partial charge in [-0.15, -0.1) is 0 Å². The number of benzene rings is 2. The summed E-state index contributed by atoms with van der Waals surface area (Å²) >= 11 is 1.24. The molecule has 0 N–H and O–H groups in total. The summed E-state index contributed by atoms with van der Waals surface area (Å²) in [6.07, 6.45) is 0.787. The van der Waals surface area contributed by atoms with Gasteiger partial charge in [0.25, 0.3) is 5.91 Å². The Hall–Kier alpha value is -2.74. The molecule has 0 saturated carbocycles. The molecule has 8 heteroatoms. The van der Waals surface area contributed by atoms with E-state index < -0.39 is 23.1 Å². The number of ether oxygens (including phenoxy) is 2. The van der Waals surface area contributed by atoms with Crippen molar-refractivity contribution in [3.63, 3.8) is 0 Å². The van der Waals surface area contributed by atoms with Crippen molar-refractivity contribution in [3.8, 4) is 11.5 Å². The lowest BCUT2D eigenvalue weighted by atomic mass is 10.2. The fraction of sp³-hybridized carbons (Fsp3) is 0.263. The minimum absolute atomic E-state index is 0.356. The van der Waals surface area contributed by atoms with Crippen LogP contribution < -0.4 is 14.3 Å². The highest BCUT2D eigenvalue weighted by Crippen LogP contribution is 2.33. The van der Waals surface area contributed by atoms with E-state index in [1.807, 2.05) is 11.5 Å². The Bertz CT molecular complexity index is 1050. The first kappa shape index (κ1) is 19.0. The van der Waals surface area contributed by atoms with Gasteiger partial charge in [0.15, 0.2) is 16.3 Å². The number of rotatable bonds is 5. The first-order chi connectivity index (χ1) is 13.0.